The van der Waals surface area contributed by atoms with Crippen LogP contribution in [-0.4, -0.2) is 87.9 Å². The predicted molar refractivity (Wildman–Crippen MR) is 150 cm³/mol. The van der Waals surface area contributed by atoms with E-state index >= 15 is 0 Å². The molecule has 0 N–H and O–H groups in total. The smallest absolute Gasteiger partial charge is 0.253 e. The number of aromatic nitrogens is 4. The average molecular weight is 532 g/mol. The normalized spacial score (nSPS) is 18.4. The van der Waals surface area contributed by atoms with E-state index in [2.05, 4.69) is 47.1 Å². The third kappa shape index (κ3) is 5.03. The molecule has 3 aromatic heterocycles. The van der Waals surface area contributed by atoms with Crippen LogP contribution < -0.4 is 4.90 Å². The molecule has 9 nitrogen and oxygen atoms in total. The molecule has 2 saturated heterocycles. The van der Waals surface area contributed by atoms with Crippen molar-refractivity contribution in [1.29, 1.82) is 0 Å². The van der Waals surface area contributed by atoms with Gasteiger partial charge >= 0.3 is 0 Å². The maximum atomic E-state index is 11.8. The third-order valence-corrected chi connectivity index (χ3v) is 8.59. The van der Waals surface area contributed by atoms with Crippen LogP contribution in [0.15, 0.2) is 42.6 Å². The number of amides is 1. The summed E-state index contributed by atoms with van der Waals surface area (Å²) in [5.41, 5.74) is 4.12. The summed E-state index contributed by atoms with van der Waals surface area (Å²) in [4.78, 5) is 29.7. The summed E-state index contributed by atoms with van der Waals surface area (Å²) in [6.07, 6.45) is 2.94. The molecule has 0 bridgehead atoms. The van der Waals surface area contributed by atoms with E-state index in [0.717, 1.165) is 66.4 Å². The highest BCUT2D eigenvalue weighted by atomic mass is 32.1. The van der Waals surface area contributed by atoms with Crippen molar-refractivity contribution in [2.24, 2.45) is 0 Å². The van der Waals surface area contributed by atoms with Crippen molar-refractivity contribution < 1.29 is 9.53 Å². The highest BCUT2D eigenvalue weighted by Gasteiger charge is 2.28. The molecule has 0 aliphatic carbocycles. The van der Waals surface area contributed by atoms with Crippen LogP contribution in [0.25, 0.3) is 27.4 Å². The Morgan fingerprint density at radius 1 is 1.16 bits per heavy atom. The van der Waals surface area contributed by atoms with E-state index in [1.165, 1.54) is 10.4 Å². The fourth-order valence-electron chi connectivity index (χ4n) is 5.27. The van der Waals surface area contributed by atoms with Gasteiger partial charge in [-0.1, -0.05) is 23.8 Å². The molecule has 10 heteroatoms. The Balaban J connectivity index is 1.32. The van der Waals surface area contributed by atoms with Crippen LogP contribution in [0.1, 0.15) is 23.8 Å². The van der Waals surface area contributed by atoms with Gasteiger partial charge in [-0.3, -0.25) is 9.69 Å². The molecule has 1 aromatic carbocycles. The van der Waals surface area contributed by atoms with Crippen molar-refractivity contribution in [2.75, 3.05) is 51.3 Å². The Hall–Kier alpha value is -3.34. The van der Waals surface area contributed by atoms with Crippen LogP contribution in [0.3, 0.4) is 0 Å². The third-order valence-electron chi connectivity index (χ3n) is 7.48. The monoisotopic (exact) mass is 531 g/mol. The lowest BCUT2D eigenvalue weighted by atomic mass is 10.1. The van der Waals surface area contributed by atoms with Crippen LogP contribution >= 0.6 is 11.3 Å². The summed E-state index contributed by atoms with van der Waals surface area (Å²) >= 11 is 1.77. The predicted octanol–water partition coefficient (Wildman–Crippen LogP) is 3.74. The Labute approximate surface area is 226 Å². The number of likely N-dealkylation sites (N-methyl/N-ethyl adjacent to an activating group) is 1. The fourth-order valence-corrected chi connectivity index (χ4v) is 6.42. The zero-order valence-corrected chi connectivity index (χ0v) is 22.9. The molecule has 0 radical (unpaired) electrons. The number of fused-ring (bicyclic) bond motifs is 1. The number of nitrogens with zero attached hydrogens (tertiary/aromatic N) is 7. The van der Waals surface area contributed by atoms with Gasteiger partial charge in [0, 0.05) is 69.4 Å². The standard InChI is InChI=1S/C28H33N7O2S/c1-19-5-4-6-21(15-19)24-8-10-35(31-24)28-29-25-16-23(18-33-9-7-22(17-33)32(3)20(2)36)38-26(25)27(30-28)34-11-13-37-14-12-34/h4-6,8,10,15-16,22H,7,9,11-14,17-18H2,1-3H3. The summed E-state index contributed by atoms with van der Waals surface area (Å²) < 4.78 is 8.50. The number of carbonyl (C=O) groups is 1. The molecule has 198 valence electrons. The second kappa shape index (κ2) is 10.4. The van der Waals surface area contributed by atoms with Crippen molar-refractivity contribution >= 4 is 33.3 Å². The second-order valence-corrected chi connectivity index (χ2v) is 11.3. The number of hydrogen-bond donors (Lipinski definition) is 0. The molecule has 2 aliphatic heterocycles. The molecule has 2 aliphatic rings. The first-order valence-corrected chi connectivity index (χ1v) is 14.0. The van der Waals surface area contributed by atoms with Crippen molar-refractivity contribution in [1.82, 2.24) is 29.5 Å². The Kier molecular flexibility index (Phi) is 6.86. The first kappa shape index (κ1) is 25.0. The molecule has 6 rings (SSSR count). The van der Waals surface area contributed by atoms with Gasteiger partial charge in [0.2, 0.25) is 5.91 Å². The van der Waals surface area contributed by atoms with Crippen molar-refractivity contribution in [3.63, 3.8) is 0 Å². The summed E-state index contributed by atoms with van der Waals surface area (Å²) in [6, 6.07) is 12.8. The SMILES string of the molecule is CC(=O)N(C)C1CCN(Cc2cc3nc(-n4ccc(-c5cccc(C)c5)n4)nc(N4CCOCC4)c3s2)C1. The lowest BCUT2D eigenvalue weighted by molar-refractivity contribution is -0.129. The number of thiophene rings is 1. The van der Waals surface area contributed by atoms with Crippen LogP contribution in [0, 0.1) is 6.92 Å². The maximum Gasteiger partial charge on any atom is 0.253 e. The number of anilines is 1. The fraction of sp³-hybridized carbons (Fsp3) is 0.429. The van der Waals surface area contributed by atoms with Gasteiger partial charge in [0.25, 0.3) is 5.95 Å². The summed E-state index contributed by atoms with van der Waals surface area (Å²) in [5, 5.41) is 4.83. The van der Waals surface area contributed by atoms with Crippen LogP contribution in [0.2, 0.25) is 0 Å². The second-order valence-electron chi connectivity index (χ2n) is 10.2. The topological polar surface area (TPSA) is 79.6 Å². The summed E-state index contributed by atoms with van der Waals surface area (Å²) in [7, 11) is 1.90. The van der Waals surface area contributed by atoms with Gasteiger partial charge in [-0.15, -0.1) is 11.3 Å². The van der Waals surface area contributed by atoms with Crippen LogP contribution in [0.5, 0.6) is 0 Å². The molecule has 1 unspecified atom stereocenters. The average Bonchev–Trinajstić information content (AvgIpc) is 3.68. The number of benzene rings is 1. The first-order valence-electron chi connectivity index (χ1n) is 13.2. The van der Waals surface area contributed by atoms with Crippen LogP contribution in [0.4, 0.5) is 5.82 Å². The number of hydrogen-bond acceptors (Lipinski definition) is 8. The number of ether oxygens (including phenoxy) is 1. The van der Waals surface area contributed by atoms with E-state index in [4.69, 9.17) is 19.8 Å². The maximum absolute atomic E-state index is 11.8. The zero-order chi connectivity index (χ0) is 26.2. The molecular weight excluding hydrogens is 498 g/mol. The van der Waals surface area contributed by atoms with Gasteiger partial charge in [-0.05, 0) is 31.5 Å². The minimum Gasteiger partial charge on any atom is -0.378 e. The molecule has 1 atom stereocenters. The molecule has 5 heterocycles. The Bertz CT molecular complexity index is 1460. The first-order chi connectivity index (χ1) is 18.4. The van der Waals surface area contributed by atoms with Gasteiger partial charge in [-0.25, -0.2) is 9.67 Å². The lowest BCUT2D eigenvalue weighted by Crippen LogP contribution is -2.37. The number of morpholine rings is 1. The molecule has 1 amide bonds. The van der Waals surface area contributed by atoms with E-state index in [1.807, 2.05) is 24.2 Å². The molecule has 4 aromatic rings. The summed E-state index contributed by atoms with van der Waals surface area (Å²) in [5.74, 6) is 1.65. The lowest BCUT2D eigenvalue weighted by Gasteiger charge is -2.28. The quantitative estimate of drug-likeness (QED) is 0.375. The Morgan fingerprint density at radius 2 is 2.00 bits per heavy atom. The summed E-state index contributed by atoms with van der Waals surface area (Å²) in [6.45, 7) is 9.45. The van der Waals surface area contributed by atoms with Gasteiger partial charge in [-0.2, -0.15) is 10.1 Å². The van der Waals surface area contributed by atoms with Crippen molar-refractivity contribution in [3.05, 3.63) is 53.0 Å². The minimum absolute atomic E-state index is 0.126. The van der Waals surface area contributed by atoms with Crippen molar-refractivity contribution in [3.8, 4) is 17.2 Å². The van der Waals surface area contributed by atoms with Gasteiger partial charge in [0.1, 0.15) is 0 Å². The van der Waals surface area contributed by atoms with Gasteiger partial charge in [0.05, 0.1) is 29.1 Å². The highest BCUT2D eigenvalue weighted by molar-refractivity contribution is 7.19. The van der Waals surface area contributed by atoms with E-state index < -0.39 is 0 Å². The molecule has 38 heavy (non-hydrogen) atoms. The van der Waals surface area contributed by atoms with E-state index in [9.17, 15) is 4.79 Å². The number of aryl methyl sites for hydroxylation is 1. The van der Waals surface area contributed by atoms with E-state index in [0.29, 0.717) is 19.2 Å². The van der Waals surface area contributed by atoms with Crippen LogP contribution in [-0.2, 0) is 16.1 Å². The van der Waals surface area contributed by atoms with Gasteiger partial charge in [0.15, 0.2) is 5.82 Å². The van der Waals surface area contributed by atoms with Gasteiger partial charge < -0.3 is 14.5 Å². The molecule has 0 spiro atoms. The zero-order valence-electron chi connectivity index (χ0n) is 22.1. The molecule has 2 fully saturated rings. The number of rotatable bonds is 6. The number of carbonyl (C=O) groups excluding carboxylic acids is 1. The molecule has 0 saturated carbocycles. The van der Waals surface area contributed by atoms with E-state index in [1.54, 1.807) is 22.9 Å². The minimum atomic E-state index is 0.126. The largest absolute Gasteiger partial charge is 0.378 e. The number of likely N-dealkylation sites (tertiary alicyclic amines) is 1. The van der Waals surface area contributed by atoms with E-state index in [-0.39, 0.29) is 11.9 Å². The highest BCUT2D eigenvalue weighted by Crippen LogP contribution is 2.34. The Morgan fingerprint density at radius 3 is 2.79 bits per heavy atom. The molecular formula is C28H33N7O2S. The van der Waals surface area contributed by atoms with Crippen molar-refractivity contribution in [2.45, 2.75) is 32.9 Å².